The maximum atomic E-state index is 12.3. The van der Waals surface area contributed by atoms with Gasteiger partial charge in [-0.05, 0) is 30.3 Å². The van der Waals surface area contributed by atoms with Crippen LogP contribution in [0.2, 0.25) is 5.02 Å². The first kappa shape index (κ1) is 17.8. The molecule has 9 nitrogen and oxygen atoms in total. The molecule has 0 spiro atoms. The van der Waals surface area contributed by atoms with E-state index in [1.54, 1.807) is 6.07 Å². The Morgan fingerprint density at radius 3 is 2.46 bits per heavy atom. The third kappa shape index (κ3) is 4.55. The number of benzene rings is 1. The van der Waals surface area contributed by atoms with Gasteiger partial charge in [0.15, 0.2) is 0 Å². The third-order valence-corrected chi connectivity index (χ3v) is 4.69. The number of nitrogens with one attached hydrogen (secondary N) is 2. The lowest BCUT2D eigenvalue weighted by molar-refractivity contribution is -0.116. The van der Waals surface area contributed by atoms with Gasteiger partial charge in [0.1, 0.15) is 6.54 Å². The minimum atomic E-state index is -3.82. The molecule has 2 N–H and O–H groups in total. The Balaban J connectivity index is 1.65. The molecule has 0 radical (unpaired) electrons. The van der Waals surface area contributed by atoms with Gasteiger partial charge in [-0.1, -0.05) is 11.6 Å². The molecule has 134 valence electrons. The van der Waals surface area contributed by atoms with Crippen molar-refractivity contribution < 1.29 is 13.2 Å². The Morgan fingerprint density at radius 1 is 1.15 bits per heavy atom. The van der Waals surface area contributed by atoms with Gasteiger partial charge >= 0.3 is 0 Å². The maximum absolute atomic E-state index is 12.3. The van der Waals surface area contributed by atoms with Gasteiger partial charge in [0, 0.05) is 24.3 Å². The second-order valence-corrected chi connectivity index (χ2v) is 7.23. The van der Waals surface area contributed by atoms with Crippen LogP contribution in [0.15, 0.2) is 60.0 Å². The van der Waals surface area contributed by atoms with Crippen molar-refractivity contribution in [2.75, 3.05) is 10.0 Å². The fourth-order valence-corrected chi connectivity index (χ4v) is 3.14. The third-order valence-electron chi connectivity index (χ3n) is 3.15. The van der Waals surface area contributed by atoms with Crippen LogP contribution in [0.3, 0.4) is 0 Å². The molecule has 2 heterocycles. The summed E-state index contributed by atoms with van der Waals surface area (Å²) in [5.41, 5.74) is 0.447. The number of sulfonamides is 1. The number of hydrogen-bond donors (Lipinski definition) is 2. The molecule has 0 aliphatic rings. The average Bonchev–Trinajstić information content (AvgIpc) is 3.00. The van der Waals surface area contributed by atoms with Crippen LogP contribution >= 0.6 is 11.6 Å². The van der Waals surface area contributed by atoms with Gasteiger partial charge in [-0.3, -0.25) is 9.48 Å². The first-order valence-electron chi connectivity index (χ1n) is 7.30. The Labute approximate surface area is 154 Å². The summed E-state index contributed by atoms with van der Waals surface area (Å²) in [4.78, 5) is 19.6. The van der Waals surface area contributed by atoms with Gasteiger partial charge in [-0.25, -0.2) is 23.1 Å². The molecule has 26 heavy (non-hydrogen) atoms. The van der Waals surface area contributed by atoms with Gasteiger partial charge in [0.05, 0.1) is 16.1 Å². The van der Waals surface area contributed by atoms with Crippen LogP contribution in [0.25, 0.3) is 0 Å². The standard InChI is InChI=1S/C15H13ClN6O3S/c16-11-8-19-22(9-11)10-14(23)20-12-2-4-13(5-3-12)26(24,25)21-15-17-6-1-7-18-15/h1-9H,10H2,(H,20,23)(H,17,18,21). The van der Waals surface area contributed by atoms with Crippen LogP contribution in [-0.4, -0.2) is 34.1 Å². The fourth-order valence-electron chi connectivity index (χ4n) is 2.02. The van der Waals surface area contributed by atoms with Crippen LogP contribution < -0.4 is 10.0 Å². The van der Waals surface area contributed by atoms with Gasteiger partial charge in [0.25, 0.3) is 10.0 Å². The molecule has 11 heteroatoms. The normalized spacial score (nSPS) is 11.1. The Kier molecular flexibility index (Phi) is 5.14. The molecule has 1 aromatic carbocycles. The second-order valence-electron chi connectivity index (χ2n) is 5.11. The summed E-state index contributed by atoms with van der Waals surface area (Å²) >= 11 is 5.74. The second kappa shape index (κ2) is 7.50. The van der Waals surface area contributed by atoms with E-state index in [1.807, 2.05) is 0 Å². The molecular weight excluding hydrogens is 380 g/mol. The number of halogens is 1. The van der Waals surface area contributed by atoms with E-state index < -0.39 is 10.0 Å². The largest absolute Gasteiger partial charge is 0.324 e. The van der Waals surface area contributed by atoms with Crippen molar-refractivity contribution >= 4 is 39.2 Å². The van der Waals surface area contributed by atoms with Crippen molar-refractivity contribution in [3.05, 3.63) is 60.1 Å². The predicted molar refractivity (Wildman–Crippen MR) is 95.1 cm³/mol. The molecule has 2 aromatic heterocycles. The van der Waals surface area contributed by atoms with Crippen molar-refractivity contribution in [3.8, 4) is 0 Å². The molecule has 3 aromatic rings. The maximum Gasteiger partial charge on any atom is 0.264 e. The summed E-state index contributed by atoms with van der Waals surface area (Å²) in [6, 6.07) is 7.27. The number of carbonyl (C=O) groups is 1. The summed E-state index contributed by atoms with van der Waals surface area (Å²) in [5, 5.41) is 6.99. The van der Waals surface area contributed by atoms with Crippen LogP contribution in [0.5, 0.6) is 0 Å². The summed E-state index contributed by atoms with van der Waals surface area (Å²) in [7, 11) is -3.82. The zero-order valence-corrected chi connectivity index (χ0v) is 14.8. The van der Waals surface area contributed by atoms with Crippen molar-refractivity contribution in [1.29, 1.82) is 0 Å². The average molecular weight is 393 g/mol. The first-order valence-corrected chi connectivity index (χ1v) is 9.16. The van der Waals surface area contributed by atoms with Gasteiger partial charge in [0.2, 0.25) is 11.9 Å². The summed E-state index contributed by atoms with van der Waals surface area (Å²) in [6.45, 7) is -0.0142. The number of hydrogen-bond acceptors (Lipinski definition) is 6. The highest BCUT2D eigenvalue weighted by atomic mass is 35.5. The lowest BCUT2D eigenvalue weighted by atomic mass is 10.3. The minimum Gasteiger partial charge on any atom is -0.324 e. The SMILES string of the molecule is O=C(Cn1cc(Cl)cn1)Nc1ccc(S(=O)(=O)Nc2ncccn2)cc1. The molecule has 0 bridgehead atoms. The number of amides is 1. The van der Waals surface area contributed by atoms with Crippen LogP contribution in [0.1, 0.15) is 0 Å². The molecule has 0 saturated carbocycles. The lowest BCUT2D eigenvalue weighted by Crippen LogP contribution is -2.19. The smallest absolute Gasteiger partial charge is 0.264 e. The van der Waals surface area contributed by atoms with Gasteiger partial charge in [-0.2, -0.15) is 5.10 Å². The van der Waals surface area contributed by atoms with E-state index in [1.165, 1.54) is 53.7 Å². The van der Waals surface area contributed by atoms with Crippen LogP contribution in [0, 0.1) is 0 Å². The van der Waals surface area contributed by atoms with Crippen molar-refractivity contribution in [3.63, 3.8) is 0 Å². The molecule has 0 atom stereocenters. The number of aromatic nitrogens is 4. The van der Waals surface area contributed by atoms with Crippen LogP contribution in [-0.2, 0) is 21.4 Å². The van der Waals surface area contributed by atoms with Crippen molar-refractivity contribution in [1.82, 2.24) is 19.7 Å². The Hall–Kier alpha value is -2.98. The molecule has 3 rings (SSSR count). The number of rotatable bonds is 6. The highest BCUT2D eigenvalue weighted by Gasteiger charge is 2.15. The van der Waals surface area contributed by atoms with E-state index in [4.69, 9.17) is 11.6 Å². The van der Waals surface area contributed by atoms with E-state index in [0.29, 0.717) is 10.7 Å². The summed E-state index contributed by atoms with van der Waals surface area (Å²) in [6.07, 6.45) is 5.80. The highest BCUT2D eigenvalue weighted by Crippen LogP contribution is 2.16. The number of nitrogens with zero attached hydrogens (tertiary/aromatic N) is 4. The van der Waals surface area contributed by atoms with E-state index in [9.17, 15) is 13.2 Å². The quantitative estimate of drug-likeness (QED) is 0.659. The molecule has 1 amide bonds. The number of anilines is 2. The van der Waals surface area contributed by atoms with Gasteiger partial charge < -0.3 is 5.32 Å². The highest BCUT2D eigenvalue weighted by molar-refractivity contribution is 7.92. The molecule has 0 fully saturated rings. The Morgan fingerprint density at radius 2 is 1.85 bits per heavy atom. The molecule has 0 unspecified atom stereocenters. The van der Waals surface area contributed by atoms with E-state index in [-0.39, 0.29) is 23.3 Å². The lowest BCUT2D eigenvalue weighted by Gasteiger charge is -2.08. The topological polar surface area (TPSA) is 119 Å². The molecular formula is C15H13ClN6O3S. The van der Waals surface area contributed by atoms with Crippen molar-refractivity contribution in [2.24, 2.45) is 0 Å². The molecule has 0 aliphatic heterocycles. The zero-order chi connectivity index (χ0) is 18.6. The van der Waals surface area contributed by atoms with E-state index in [2.05, 4.69) is 25.1 Å². The number of carbonyl (C=O) groups excluding carboxylic acids is 1. The zero-order valence-electron chi connectivity index (χ0n) is 13.2. The van der Waals surface area contributed by atoms with Crippen molar-refractivity contribution in [2.45, 2.75) is 11.4 Å². The fraction of sp³-hybridized carbons (Fsp3) is 0.0667. The summed E-state index contributed by atoms with van der Waals surface area (Å²) in [5.74, 6) is -0.348. The first-order chi connectivity index (χ1) is 12.4. The molecule has 0 aliphatic carbocycles. The van der Waals surface area contributed by atoms with Crippen LogP contribution in [0.4, 0.5) is 11.6 Å². The summed E-state index contributed by atoms with van der Waals surface area (Å²) < 4.78 is 28.2. The molecule has 0 saturated heterocycles. The van der Waals surface area contributed by atoms with E-state index >= 15 is 0 Å². The Bertz CT molecular complexity index is 1010. The van der Waals surface area contributed by atoms with Gasteiger partial charge in [-0.15, -0.1) is 0 Å². The minimum absolute atomic E-state index is 0.0142. The predicted octanol–water partition coefficient (Wildman–Crippen LogP) is 1.77. The monoisotopic (exact) mass is 392 g/mol. The van der Waals surface area contributed by atoms with E-state index in [0.717, 1.165) is 0 Å².